The van der Waals surface area contributed by atoms with Crippen LogP contribution in [0.1, 0.15) is 19.3 Å². The van der Waals surface area contributed by atoms with E-state index in [2.05, 4.69) is 10.1 Å². The first-order valence-electron chi connectivity index (χ1n) is 4.76. The predicted molar refractivity (Wildman–Crippen MR) is 64.8 cm³/mol. The van der Waals surface area contributed by atoms with E-state index in [1.165, 1.54) is 7.11 Å². The number of carbonyl (C=O) groups is 2. The molecule has 0 aromatic carbocycles. The molecule has 1 heterocycles. The summed E-state index contributed by atoms with van der Waals surface area (Å²) in [6, 6.07) is -0.686. The number of hydrogen-bond donors (Lipinski definition) is 2. The molecule has 2 atom stereocenters. The highest BCUT2D eigenvalue weighted by Gasteiger charge is 2.27. The number of nitrogens with two attached hydrogens (primary N) is 1. The van der Waals surface area contributed by atoms with Gasteiger partial charge in [-0.25, -0.2) is 0 Å². The van der Waals surface area contributed by atoms with Gasteiger partial charge in [0.15, 0.2) is 0 Å². The van der Waals surface area contributed by atoms with Gasteiger partial charge in [0.2, 0.25) is 5.91 Å². The molecule has 1 rings (SSSR count). The number of amides is 1. The Bertz CT molecular complexity index is 239. The van der Waals surface area contributed by atoms with Crippen LogP contribution in [0.2, 0.25) is 0 Å². The fourth-order valence-corrected chi connectivity index (χ4v) is 1.61. The van der Waals surface area contributed by atoms with Crippen molar-refractivity contribution in [2.75, 3.05) is 13.7 Å². The van der Waals surface area contributed by atoms with Gasteiger partial charge in [-0.15, -0.1) is 24.8 Å². The second-order valence-corrected chi connectivity index (χ2v) is 3.50. The Kier molecular flexibility index (Phi) is 9.61. The summed E-state index contributed by atoms with van der Waals surface area (Å²) in [6.45, 7) is 0.725. The molecule has 1 aliphatic heterocycles. The van der Waals surface area contributed by atoms with Gasteiger partial charge >= 0.3 is 5.97 Å². The lowest BCUT2D eigenvalue weighted by Crippen LogP contribution is -2.42. The van der Waals surface area contributed by atoms with Crippen LogP contribution < -0.4 is 11.1 Å². The average molecular weight is 273 g/mol. The fraction of sp³-hybridized carbons (Fsp3) is 0.778. The first-order chi connectivity index (χ1) is 6.65. The van der Waals surface area contributed by atoms with Crippen molar-refractivity contribution in [3.05, 3.63) is 0 Å². The standard InChI is InChI=1S/C9H16N2O3.2ClH/c1-14-9(13)7(10)5-6-3-2-4-11-8(6)12;;/h6-7H,2-5,10H2,1H3,(H,11,12);2*1H. The number of ether oxygens (including phenoxy) is 1. The second kappa shape index (κ2) is 8.61. The third kappa shape index (κ3) is 5.01. The number of nitrogens with one attached hydrogen (secondary N) is 1. The number of halogens is 2. The van der Waals surface area contributed by atoms with Crippen LogP contribution in [0, 0.1) is 5.92 Å². The Hall–Kier alpha value is -0.520. The third-order valence-corrected chi connectivity index (χ3v) is 2.44. The normalized spacial score (nSPS) is 20.9. The first kappa shape index (κ1) is 17.9. The minimum atomic E-state index is -0.686. The van der Waals surface area contributed by atoms with E-state index in [1.54, 1.807) is 0 Å². The van der Waals surface area contributed by atoms with E-state index in [-0.39, 0.29) is 36.6 Å². The number of esters is 1. The average Bonchev–Trinajstić information content (AvgIpc) is 2.20. The molecule has 2 unspecified atom stereocenters. The quantitative estimate of drug-likeness (QED) is 0.722. The zero-order valence-electron chi connectivity index (χ0n) is 9.10. The molecule has 1 aliphatic rings. The molecule has 1 amide bonds. The third-order valence-electron chi connectivity index (χ3n) is 2.44. The number of carbonyl (C=O) groups excluding carboxylic acids is 2. The lowest BCUT2D eigenvalue weighted by molar-refractivity contribution is -0.142. The highest BCUT2D eigenvalue weighted by Crippen LogP contribution is 2.16. The second-order valence-electron chi connectivity index (χ2n) is 3.50. The summed E-state index contributed by atoms with van der Waals surface area (Å²) in [6.07, 6.45) is 2.12. The lowest BCUT2D eigenvalue weighted by Gasteiger charge is -2.23. The lowest BCUT2D eigenvalue weighted by atomic mass is 9.92. The Labute approximate surface area is 107 Å². The molecule has 0 aliphatic carbocycles. The molecule has 0 radical (unpaired) electrons. The molecular weight excluding hydrogens is 255 g/mol. The van der Waals surface area contributed by atoms with Gasteiger partial charge in [0.25, 0.3) is 0 Å². The van der Waals surface area contributed by atoms with Crippen LogP contribution in [0.3, 0.4) is 0 Å². The van der Waals surface area contributed by atoms with Gasteiger partial charge in [0.1, 0.15) is 6.04 Å². The molecule has 1 fully saturated rings. The van der Waals surface area contributed by atoms with E-state index >= 15 is 0 Å². The van der Waals surface area contributed by atoms with Crippen LogP contribution in [0.15, 0.2) is 0 Å². The van der Waals surface area contributed by atoms with Crippen LogP contribution in [0.4, 0.5) is 0 Å². The van der Waals surface area contributed by atoms with Crippen molar-refractivity contribution in [3.63, 3.8) is 0 Å². The van der Waals surface area contributed by atoms with Crippen LogP contribution in [-0.4, -0.2) is 31.6 Å². The highest BCUT2D eigenvalue weighted by molar-refractivity contribution is 5.85. The first-order valence-corrected chi connectivity index (χ1v) is 4.76. The summed E-state index contributed by atoms with van der Waals surface area (Å²) in [5.41, 5.74) is 5.57. The molecule has 96 valence electrons. The summed E-state index contributed by atoms with van der Waals surface area (Å²) in [5.74, 6) is -0.600. The van der Waals surface area contributed by atoms with E-state index in [1.807, 2.05) is 0 Å². The maximum absolute atomic E-state index is 11.3. The molecule has 7 heteroatoms. The maximum atomic E-state index is 11.3. The number of hydrogen-bond acceptors (Lipinski definition) is 4. The van der Waals surface area contributed by atoms with E-state index in [4.69, 9.17) is 5.73 Å². The van der Waals surface area contributed by atoms with Crippen molar-refractivity contribution < 1.29 is 14.3 Å². The van der Waals surface area contributed by atoms with Crippen molar-refractivity contribution in [2.45, 2.75) is 25.3 Å². The summed E-state index contributed by atoms with van der Waals surface area (Å²) >= 11 is 0. The summed E-state index contributed by atoms with van der Waals surface area (Å²) < 4.78 is 4.49. The molecular formula is C9H18Cl2N2O3. The Balaban J connectivity index is 0. The molecule has 1 saturated heterocycles. The van der Waals surface area contributed by atoms with E-state index in [0.717, 1.165) is 19.4 Å². The molecule has 0 aromatic heterocycles. The summed E-state index contributed by atoms with van der Waals surface area (Å²) in [7, 11) is 1.29. The van der Waals surface area contributed by atoms with Gasteiger partial charge in [-0.2, -0.15) is 0 Å². The van der Waals surface area contributed by atoms with Crippen molar-refractivity contribution in [1.29, 1.82) is 0 Å². The van der Waals surface area contributed by atoms with Crippen LogP contribution >= 0.6 is 24.8 Å². The predicted octanol–water partition coefficient (Wildman–Crippen LogP) is 0.247. The molecule has 0 spiro atoms. The van der Waals surface area contributed by atoms with Crippen LogP contribution in [0.25, 0.3) is 0 Å². The van der Waals surface area contributed by atoms with Gasteiger partial charge < -0.3 is 15.8 Å². The molecule has 3 N–H and O–H groups in total. The van der Waals surface area contributed by atoms with Gasteiger partial charge in [0.05, 0.1) is 7.11 Å². The maximum Gasteiger partial charge on any atom is 0.322 e. The van der Waals surface area contributed by atoms with E-state index < -0.39 is 12.0 Å². The van der Waals surface area contributed by atoms with Crippen LogP contribution in [0.5, 0.6) is 0 Å². The zero-order valence-corrected chi connectivity index (χ0v) is 10.7. The summed E-state index contributed by atoms with van der Waals surface area (Å²) in [4.78, 5) is 22.3. The Morgan fingerprint density at radius 3 is 2.75 bits per heavy atom. The molecule has 5 nitrogen and oxygen atoms in total. The minimum absolute atomic E-state index is 0. The topological polar surface area (TPSA) is 81.4 Å². The Morgan fingerprint density at radius 1 is 1.62 bits per heavy atom. The van der Waals surface area contributed by atoms with E-state index in [9.17, 15) is 9.59 Å². The largest absolute Gasteiger partial charge is 0.468 e. The highest BCUT2D eigenvalue weighted by atomic mass is 35.5. The Morgan fingerprint density at radius 2 is 2.25 bits per heavy atom. The van der Waals surface area contributed by atoms with Crippen molar-refractivity contribution >= 4 is 36.7 Å². The van der Waals surface area contributed by atoms with Gasteiger partial charge in [-0.1, -0.05) is 0 Å². The summed E-state index contributed by atoms with van der Waals surface area (Å²) in [5, 5.41) is 2.75. The van der Waals surface area contributed by atoms with Crippen molar-refractivity contribution in [1.82, 2.24) is 5.32 Å². The van der Waals surface area contributed by atoms with Gasteiger partial charge in [0, 0.05) is 12.5 Å². The number of piperidine rings is 1. The van der Waals surface area contributed by atoms with Gasteiger partial charge in [-0.3, -0.25) is 9.59 Å². The van der Waals surface area contributed by atoms with Gasteiger partial charge in [-0.05, 0) is 19.3 Å². The fourth-order valence-electron chi connectivity index (χ4n) is 1.61. The van der Waals surface area contributed by atoms with Crippen molar-refractivity contribution in [3.8, 4) is 0 Å². The SMILES string of the molecule is COC(=O)C(N)CC1CCCNC1=O.Cl.Cl. The molecule has 0 bridgehead atoms. The molecule has 16 heavy (non-hydrogen) atoms. The smallest absolute Gasteiger partial charge is 0.322 e. The molecule has 0 saturated carbocycles. The monoisotopic (exact) mass is 272 g/mol. The van der Waals surface area contributed by atoms with Crippen LogP contribution in [-0.2, 0) is 14.3 Å². The van der Waals surface area contributed by atoms with Crippen molar-refractivity contribution in [2.24, 2.45) is 11.7 Å². The number of rotatable bonds is 3. The minimum Gasteiger partial charge on any atom is -0.468 e. The molecule has 0 aromatic rings. The number of methoxy groups -OCH3 is 1. The van der Waals surface area contributed by atoms with E-state index in [0.29, 0.717) is 6.42 Å². The zero-order chi connectivity index (χ0) is 10.6.